The summed E-state index contributed by atoms with van der Waals surface area (Å²) >= 11 is 0. The number of aromatic nitrogens is 2. The standard InChI is InChI=1S/C17H25N5.HI/c1-17(2,15-7-5-4-6-8-15)13-21-16(18-3)20-10-12-22-11-9-19-14-22;/h4-9,11,14H,10,12-13H2,1-3H3,(H2,18,20,21);1H. The lowest BCUT2D eigenvalue weighted by atomic mass is 9.85. The van der Waals surface area contributed by atoms with Crippen molar-refractivity contribution in [2.24, 2.45) is 4.99 Å². The number of rotatable bonds is 6. The third kappa shape index (κ3) is 6.21. The maximum Gasteiger partial charge on any atom is 0.191 e. The predicted octanol–water partition coefficient (Wildman–Crippen LogP) is 2.64. The number of guanidine groups is 1. The fraction of sp³-hybridized carbons (Fsp3) is 0.412. The zero-order valence-electron chi connectivity index (χ0n) is 14.0. The van der Waals surface area contributed by atoms with Crippen LogP contribution >= 0.6 is 24.0 Å². The highest BCUT2D eigenvalue weighted by atomic mass is 127. The van der Waals surface area contributed by atoms with E-state index in [4.69, 9.17) is 0 Å². The molecule has 0 saturated carbocycles. The van der Waals surface area contributed by atoms with Crippen LogP contribution in [0.15, 0.2) is 54.0 Å². The Balaban J connectivity index is 0.00000264. The minimum Gasteiger partial charge on any atom is -0.356 e. The fourth-order valence-electron chi connectivity index (χ4n) is 2.24. The van der Waals surface area contributed by atoms with Gasteiger partial charge in [0.05, 0.1) is 6.33 Å². The Hall–Kier alpha value is -1.57. The van der Waals surface area contributed by atoms with Gasteiger partial charge in [0.1, 0.15) is 0 Å². The summed E-state index contributed by atoms with van der Waals surface area (Å²) < 4.78 is 2.04. The number of hydrogen-bond donors (Lipinski definition) is 2. The van der Waals surface area contributed by atoms with Gasteiger partial charge in [0.25, 0.3) is 0 Å². The Kier molecular flexibility index (Phi) is 8.08. The van der Waals surface area contributed by atoms with E-state index in [1.807, 2.05) is 23.2 Å². The molecule has 1 heterocycles. The summed E-state index contributed by atoms with van der Waals surface area (Å²) in [5.41, 5.74) is 1.36. The number of benzene rings is 1. The average Bonchev–Trinajstić information content (AvgIpc) is 3.05. The molecule has 2 rings (SSSR count). The first kappa shape index (κ1) is 19.5. The first-order valence-electron chi connectivity index (χ1n) is 7.57. The van der Waals surface area contributed by atoms with Gasteiger partial charge in [0.2, 0.25) is 0 Å². The third-order valence-corrected chi connectivity index (χ3v) is 3.70. The van der Waals surface area contributed by atoms with Crippen LogP contribution in [0.25, 0.3) is 0 Å². The van der Waals surface area contributed by atoms with Crippen LogP contribution in [-0.4, -0.2) is 35.6 Å². The topological polar surface area (TPSA) is 54.2 Å². The minimum atomic E-state index is 0. The van der Waals surface area contributed by atoms with Gasteiger partial charge >= 0.3 is 0 Å². The fourth-order valence-corrected chi connectivity index (χ4v) is 2.24. The molecule has 0 radical (unpaired) electrons. The first-order valence-corrected chi connectivity index (χ1v) is 7.57. The zero-order chi connectivity index (χ0) is 15.8. The van der Waals surface area contributed by atoms with Gasteiger partial charge in [0.15, 0.2) is 5.96 Å². The number of imidazole rings is 1. The van der Waals surface area contributed by atoms with Crippen LogP contribution in [0.4, 0.5) is 0 Å². The van der Waals surface area contributed by atoms with E-state index in [-0.39, 0.29) is 29.4 Å². The second-order valence-electron chi connectivity index (χ2n) is 5.90. The molecule has 0 saturated heterocycles. The lowest BCUT2D eigenvalue weighted by molar-refractivity contribution is 0.507. The van der Waals surface area contributed by atoms with Crippen molar-refractivity contribution in [2.75, 3.05) is 20.1 Å². The second kappa shape index (κ2) is 9.54. The molecule has 0 unspecified atom stereocenters. The summed E-state index contributed by atoms with van der Waals surface area (Å²) in [4.78, 5) is 8.30. The maximum absolute atomic E-state index is 4.27. The molecule has 2 aromatic rings. The molecule has 0 bridgehead atoms. The van der Waals surface area contributed by atoms with Gasteiger partial charge in [-0.2, -0.15) is 0 Å². The Labute approximate surface area is 155 Å². The molecule has 0 atom stereocenters. The first-order chi connectivity index (χ1) is 10.6. The molecular weight excluding hydrogens is 401 g/mol. The molecule has 0 aliphatic heterocycles. The quantitative estimate of drug-likeness (QED) is 0.424. The van der Waals surface area contributed by atoms with Crippen molar-refractivity contribution in [3.05, 3.63) is 54.6 Å². The van der Waals surface area contributed by atoms with E-state index in [1.54, 1.807) is 13.2 Å². The van der Waals surface area contributed by atoms with Gasteiger partial charge in [-0.25, -0.2) is 4.98 Å². The van der Waals surface area contributed by atoms with Crippen molar-refractivity contribution < 1.29 is 0 Å². The van der Waals surface area contributed by atoms with Gasteiger partial charge in [-0.15, -0.1) is 24.0 Å². The van der Waals surface area contributed by atoms with Gasteiger partial charge in [-0.3, -0.25) is 4.99 Å². The minimum absolute atomic E-state index is 0. The molecule has 2 N–H and O–H groups in total. The Bertz CT molecular complexity index is 578. The van der Waals surface area contributed by atoms with Crippen molar-refractivity contribution in [3.8, 4) is 0 Å². The Morgan fingerprint density at radius 3 is 2.57 bits per heavy atom. The molecule has 126 valence electrons. The van der Waals surface area contributed by atoms with E-state index >= 15 is 0 Å². The van der Waals surface area contributed by atoms with Crippen LogP contribution in [-0.2, 0) is 12.0 Å². The predicted molar refractivity (Wildman–Crippen MR) is 106 cm³/mol. The number of nitrogens with zero attached hydrogens (tertiary/aromatic N) is 3. The van der Waals surface area contributed by atoms with Gasteiger partial charge in [-0.1, -0.05) is 44.2 Å². The molecule has 0 fully saturated rings. The van der Waals surface area contributed by atoms with Gasteiger partial charge < -0.3 is 15.2 Å². The number of aliphatic imine (C=N–C) groups is 1. The van der Waals surface area contributed by atoms with Crippen LogP contribution in [0.3, 0.4) is 0 Å². The molecule has 0 aliphatic carbocycles. The van der Waals surface area contributed by atoms with Gasteiger partial charge in [0, 0.05) is 44.5 Å². The number of nitrogens with one attached hydrogen (secondary N) is 2. The molecular formula is C17H26IN5. The lowest BCUT2D eigenvalue weighted by Crippen LogP contribution is -2.44. The maximum atomic E-state index is 4.27. The molecule has 1 aromatic carbocycles. The normalized spacial score (nSPS) is 11.7. The number of halogens is 1. The van der Waals surface area contributed by atoms with E-state index in [9.17, 15) is 0 Å². The van der Waals surface area contributed by atoms with E-state index in [1.165, 1.54) is 5.56 Å². The molecule has 6 heteroatoms. The summed E-state index contributed by atoms with van der Waals surface area (Å²) in [6.07, 6.45) is 5.56. The van der Waals surface area contributed by atoms with Crippen LogP contribution in [0.2, 0.25) is 0 Å². The van der Waals surface area contributed by atoms with Crippen molar-refractivity contribution >= 4 is 29.9 Å². The monoisotopic (exact) mass is 427 g/mol. The van der Waals surface area contributed by atoms with Crippen LogP contribution in [0.1, 0.15) is 19.4 Å². The summed E-state index contributed by atoms with van der Waals surface area (Å²) in [6.45, 7) is 6.95. The van der Waals surface area contributed by atoms with Crippen molar-refractivity contribution in [2.45, 2.75) is 25.8 Å². The Morgan fingerprint density at radius 2 is 1.96 bits per heavy atom. The van der Waals surface area contributed by atoms with Crippen molar-refractivity contribution in [3.63, 3.8) is 0 Å². The molecule has 1 aromatic heterocycles. The summed E-state index contributed by atoms with van der Waals surface area (Å²) in [5, 5.41) is 6.72. The summed E-state index contributed by atoms with van der Waals surface area (Å²) in [7, 11) is 1.79. The lowest BCUT2D eigenvalue weighted by Gasteiger charge is -2.26. The van der Waals surface area contributed by atoms with E-state index in [0.717, 1.165) is 25.6 Å². The highest BCUT2D eigenvalue weighted by Crippen LogP contribution is 2.21. The molecule has 23 heavy (non-hydrogen) atoms. The SMILES string of the molecule is CN=C(NCCn1ccnc1)NCC(C)(C)c1ccccc1.I. The Morgan fingerprint density at radius 1 is 1.22 bits per heavy atom. The van der Waals surface area contributed by atoms with Crippen LogP contribution < -0.4 is 10.6 Å². The molecule has 0 amide bonds. The highest BCUT2D eigenvalue weighted by Gasteiger charge is 2.20. The molecule has 0 aliphatic rings. The van der Waals surface area contributed by atoms with Crippen molar-refractivity contribution in [1.29, 1.82) is 0 Å². The summed E-state index contributed by atoms with van der Waals surface area (Å²) in [6, 6.07) is 10.5. The van der Waals surface area contributed by atoms with Crippen LogP contribution in [0.5, 0.6) is 0 Å². The third-order valence-electron chi connectivity index (χ3n) is 3.70. The van der Waals surface area contributed by atoms with E-state index in [2.05, 4.69) is 58.7 Å². The largest absolute Gasteiger partial charge is 0.356 e. The van der Waals surface area contributed by atoms with Gasteiger partial charge in [-0.05, 0) is 5.56 Å². The van der Waals surface area contributed by atoms with Crippen molar-refractivity contribution in [1.82, 2.24) is 20.2 Å². The molecule has 0 spiro atoms. The average molecular weight is 427 g/mol. The van der Waals surface area contributed by atoms with E-state index in [0.29, 0.717) is 0 Å². The number of hydrogen-bond acceptors (Lipinski definition) is 2. The molecule has 5 nitrogen and oxygen atoms in total. The smallest absolute Gasteiger partial charge is 0.191 e. The summed E-state index contributed by atoms with van der Waals surface area (Å²) in [5.74, 6) is 0.823. The zero-order valence-corrected chi connectivity index (χ0v) is 16.3. The second-order valence-corrected chi connectivity index (χ2v) is 5.90. The van der Waals surface area contributed by atoms with E-state index < -0.39 is 0 Å². The highest BCUT2D eigenvalue weighted by molar-refractivity contribution is 14.0. The van der Waals surface area contributed by atoms with Crippen LogP contribution in [0, 0.1) is 0 Å².